The van der Waals surface area contributed by atoms with E-state index in [0.717, 1.165) is 48.4 Å². The van der Waals surface area contributed by atoms with Crippen LogP contribution >= 0.6 is 0 Å². The molecule has 1 unspecified atom stereocenters. The zero-order chi connectivity index (χ0) is 29.2. The molecule has 3 aromatic heterocycles. The third-order valence-electron chi connectivity index (χ3n) is 7.67. The van der Waals surface area contributed by atoms with Gasteiger partial charge in [-0.3, -0.25) is 14.3 Å². The Kier molecular flexibility index (Phi) is 7.92. The molecule has 1 atom stereocenters. The molecule has 42 heavy (non-hydrogen) atoms. The molecular formula is C32H33N7O2S. The second-order valence-corrected chi connectivity index (χ2v) is 11.9. The van der Waals surface area contributed by atoms with Gasteiger partial charge in [-0.1, -0.05) is 24.3 Å². The standard InChI is InChI=1S/C32H33N7O2S/c1-21-6-4-5-7-26(21)27-17-23-19-35-32(36-25-8-9-28(22(2)16-25)38-14-12-33-13-15-38)37-30(23)39(31(27)40)20-24-18-34-11-10-29(24)42(3)41/h4-11,16-19,33H,12-15,20H2,1-3H3,(H,35,36,37). The number of pyridine rings is 2. The molecule has 1 fully saturated rings. The summed E-state index contributed by atoms with van der Waals surface area (Å²) in [7, 11) is 0. The van der Waals surface area contributed by atoms with Crippen molar-refractivity contribution in [3.63, 3.8) is 0 Å². The number of piperazine rings is 1. The molecule has 0 spiro atoms. The highest BCUT2D eigenvalue weighted by Crippen LogP contribution is 2.28. The van der Waals surface area contributed by atoms with Gasteiger partial charge in [-0.15, -0.1) is 0 Å². The predicted octanol–water partition coefficient (Wildman–Crippen LogP) is 4.41. The summed E-state index contributed by atoms with van der Waals surface area (Å²) in [6.07, 6.45) is 6.65. The molecule has 1 aliphatic heterocycles. The molecule has 2 aromatic carbocycles. The van der Waals surface area contributed by atoms with Crippen LogP contribution in [0.25, 0.3) is 22.2 Å². The molecule has 0 saturated carbocycles. The van der Waals surface area contributed by atoms with E-state index in [-0.39, 0.29) is 12.1 Å². The number of nitrogens with zero attached hydrogens (tertiary/aromatic N) is 5. The molecule has 9 nitrogen and oxygen atoms in total. The molecular weight excluding hydrogens is 546 g/mol. The number of aryl methyl sites for hydroxylation is 2. The van der Waals surface area contributed by atoms with Gasteiger partial charge >= 0.3 is 0 Å². The first-order chi connectivity index (χ1) is 20.4. The Balaban J connectivity index is 1.43. The van der Waals surface area contributed by atoms with E-state index < -0.39 is 11.2 Å². The fourth-order valence-electron chi connectivity index (χ4n) is 5.54. The highest BCUT2D eigenvalue weighted by atomic mass is 32.2. The van der Waals surface area contributed by atoms with Crippen molar-refractivity contribution in [1.82, 2.24) is 24.8 Å². The lowest BCUT2D eigenvalue weighted by Gasteiger charge is -2.30. The minimum Gasteiger partial charge on any atom is -0.612 e. The summed E-state index contributed by atoms with van der Waals surface area (Å²) in [6.45, 7) is 8.19. The lowest BCUT2D eigenvalue weighted by atomic mass is 10.0. The predicted molar refractivity (Wildman–Crippen MR) is 169 cm³/mol. The van der Waals surface area contributed by atoms with Crippen LogP contribution in [0.3, 0.4) is 0 Å². The first kappa shape index (κ1) is 27.9. The Morgan fingerprint density at radius 1 is 1.00 bits per heavy atom. The number of rotatable bonds is 7. The summed E-state index contributed by atoms with van der Waals surface area (Å²) in [4.78, 5) is 30.8. The summed E-state index contributed by atoms with van der Waals surface area (Å²) < 4.78 is 14.1. The van der Waals surface area contributed by atoms with Crippen LogP contribution in [-0.4, -0.2) is 56.5 Å². The van der Waals surface area contributed by atoms with Crippen LogP contribution < -0.4 is 21.1 Å². The largest absolute Gasteiger partial charge is 0.612 e. The average Bonchev–Trinajstić information content (AvgIpc) is 3.00. The molecule has 0 bridgehead atoms. The third-order valence-corrected chi connectivity index (χ3v) is 8.69. The minimum atomic E-state index is -1.24. The van der Waals surface area contributed by atoms with Gasteiger partial charge in [0, 0.05) is 78.7 Å². The van der Waals surface area contributed by atoms with Gasteiger partial charge in [0.15, 0.2) is 4.90 Å². The van der Waals surface area contributed by atoms with Crippen LogP contribution in [0, 0.1) is 13.8 Å². The van der Waals surface area contributed by atoms with E-state index in [1.807, 2.05) is 43.3 Å². The zero-order valence-corrected chi connectivity index (χ0v) is 24.7. The summed E-state index contributed by atoms with van der Waals surface area (Å²) in [5.41, 5.74) is 6.67. The van der Waals surface area contributed by atoms with E-state index in [0.29, 0.717) is 27.6 Å². The van der Waals surface area contributed by atoms with Crippen LogP contribution in [0.4, 0.5) is 17.3 Å². The second kappa shape index (κ2) is 11.9. The molecule has 214 valence electrons. The molecule has 0 amide bonds. The van der Waals surface area contributed by atoms with Crippen LogP contribution in [0.2, 0.25) is 0 Å². The van der Waals surface area contributed by atoms with Crippen molar-refractivity contribution in [3.05, 3.63) is 100 Å². The molecule has 0 aliphatic carbocycles. The number of hydrogen-bond acceptors (Lipinski definition) is 8. The number of anilines is 3. The molecule has 2 N–H and O–H groups in total. The van der Waals surface area contributed by atoms with Crippen LogP contribution in [0.15, 0.2) is 82.9 Å². The first-order valence-electron chi connectivity index (χ1n) is 14.0. The number of benzene rings is 2. The molecule has 5 aromatic rings. The molecule has 0 radical (unpaired) electrons. The lowest BCUT2D eigenvalue weighted by Crippen LogP contribution is -2.43. The Hall–Kier alpha value is -4.25. The smallest absolute Gasteiger partial charge is 0.260 e. The molecule has 1 aliphatic rings. The zero-order valence-electron chi connectivity index (χ0n) is 23.9. The number of aromatic nitrogens is 4. The van der Waals surface area contributed by atoms with Crippen molar-refractivity contribution in [2.45, 2.75) is 25.3 Å². The summed E-state index contributed by atoms with van der Waals surface area (Å²) in [5.74, 6) is 0.388. The summed E-state index contributed by atoms with van der Waals surface area (Å²) in [5, 5.41) is 7.46. The minimum absolute atomic E-state index is 0.173. The number of hydrogen-bond donors (Lipinski definition) is 2. The maximum Gasteiger partial charge on any atom is 0.260 e. The van der Waals surface area contributed by atoms with Gasteiger partial charge in [0.1, 0.15) is 11.9 Å². The highest BCUT2D eigenvalue weighted by Gasteiger charge is 2.19. The van der Waals surface area contributed by atoms with Crippen molar-refractivity contribution in [2.75, 3.05) is 42.7 Å². The van der Waals surface area contributed by atoms with Gasteiger partial charge in [-0.05, 0) is 66.0 Å². The van der Waals surface area contributed by atoms with Crippen molar-refractivity contribution in [2.24, 2.45) is 0 Å². The second-order valence-electron chi connectivity index (χ2n) is 10.5. The van der Waals surface area contributed by atoms with Crippen LogP contribution in [-0.2, 0) is 17.7 Å². The summed E-state index contributed by atoms with van der Waals surface area (Å²) in [6, 6.07) is 17.7. The lowest BCUT2D eigenvalue weighted by molar-refractivity contribution is 0.588. The fourth-order valence-corrected chi connectivity index (χ4v) is 6.28. The fraction of sp³-hybridized carbons (Fsp3) is 0.250. The van der Waals surface area contributed by atoms with Crippen LogP contribution in [0.5, 0.6) is 0 Å². The van der Waals surface area contributed by atoms with E-state index in [1.165, 1.54) is 11.3 Å². The van der Waals surface area contributed by atoms with E-state index in [1.54, 1.807) is 35.5 Å². The Morgan fingerprint density at radius 2 is 1.81 bits per heavy atom. The van der Waals surface area contributed by atoms with E-state index in [9.17, 15) is 9.35 Å². The van der Waals surface area contributed by atoms with Gasteiger partial charge in [0.05, 0.1) is 6.54 Å². The van der Waals surface area contributed by atoms with Gasteiger partial charge in [-0.2, -0.15) is 4.98 Å². The monoisotopic (exact) mass is 579 g/mol. The van der Waals surface area contributed by atoms with Gasteiger partial charge in [0.25, 0.3) is 5.56 Å². The maximum atomic E-state index is 14.1. The van der Waals surface area contributed by atoms with Gasteiger partial charge in [0.2, 0.25) is 5.95 Å². The molecule has 6 rings (SSSR count). The Bertz CT molecular complexity index is 1820. The van der Waals surface area contributed by atoms with Crippen LogP contribution in [0.1, 0.15) is 16.7 Å². The average molecular weight is 580 g/mol. The molecule has 10 heteroatoms. The van der Waals surface area contributed by atoms with Crippen molar-refractivity contribution >= 4 is 39.5 Å². The maximum absolute atomic E-state index is 14.1. The summed E-state index contributed by atoms with van der Waals surface area (Å²) >= 11 is -1.24. The van der Waals surface area contributed by atoms with Gasteiger partial charge in [-0.25, -0.2) is 4.98 Å². The topological polar surface area (TPSA) is 111 Å². The van der Waals surface area contributed by atoms with Gasteiger partial charge < -0.3 is 20.1 Å². The third kappa shape index (κ3) is 5.61. The van der Waals surface area contributed by atoms with Crippen molar-refractivity contribution < 1.29 is 4.55 Å². The Labute approximate surface area is 247 Å². The normalized spacial score (nSPS) is 14.2. The first-order valence-corrected chi connectivity index (χ1v) is 15.5. The van der Waals surface area contributed by atoms with E-state index in [2.05, 4.69) is 44.6 Å². The van der Waals surface area contributed by atoms with Crippen molar-refractivity contribution in [3.8, 4) is 11.1 Å². The Morgan fingerprint density at radius 3 is 2.57 bits per heavy atom. The number of fused-ring (bicyclic) bond motifs is 1. The van der Waals surface area contributed by atoms with E-state index >= 15 is 0 Å². The molecule has 4 heterocycles. The van der Waals surface area contributed by atoms with E-state index in [4.69, 9.17) is 4.98 Å². The SMILES string of the molecule is Cc1ccccc1-c1cc2cnc(Nc3ccc(N4CCNCC4)c(C)c3)nc2n(Cc2cnccc2[S+](C)[O-])c1=O. The number of nitrogens with one attached hydrogen (secondary N) is 2. The van der Waals surface area contributed by atoms with Crippen molar-refractivity contribution in [1.29, 1.82) is 0 Å². The quantitative estimate of drug-likeness (QED) is 0.273. The highest BCUT2D eigenvalue weighted by molar-refractivity contribution is 7.90. The molecule has 1 saturated heterocycles.